The Balaban J connectivity index is 1.38. The van der Waals surface area contributed by atoms with E-state index in [9.17, 15) is 4.79 Å². The fraction of sp³-hybridized carbons (Fsp3) is 0.588. The quantitative estimate of drug-likeness (QED) is 0.927. The standard InChI is InChI=1S/C17H23N5OS/c1-21-11-19-20-16(21)12-6-9-22(10-7-12)17(23)15-5-4-14(24-15)13-3-2-8-18-13/h4-5,11-13,18H,2-3,6-10H2,1H3. The minimum atomic E-state index is 0.181. The molecule has 4 heterocycles. The van der Waals surface area contributed by atoms with Crippen molar-refractivity contribution in [2.24, 2.45) is 7.05 Å². The van der Waals surface area contributed by atoms with E-state index in [2.05, 4.69) is 21.6 Å². The second kappa shape index (κ2) is 6.64. The molecule has 128 valence electrons. The number of nitrogens with one attached hydrogen (secondary N) is 1. The van der Waals surface area contributed by atoms with Crippen molar-refractivity contribution in [2.45, 2.75) is 37.6 Å². The molecule has 1 amide bonds. The minimum absolute atomic E-state index is 0.181. The van der Waals surface area contributed by atoms with Crippen molar-refractivity contribution >= 4 is 17.2 Å². The zero-order valence-corrected chi connectivity index (χ0v) is 14.8. The van der Waals surface area contributed by atoms with Crippen molar-refractivity contribution in [3.05, 3.63) is 34.0 Å². The summed E-state index contributed by atoms with van der Waals surface area (Å²) >= 11 is 1.65. The van der Waals surface area contributed by atoms with Crippen LogP contribution in [0.1, 0.15) is 58.0 Å². The van der Waals surface area contributed by atoms with Crippen molar-refractivity contribution in [3.63, 3.8) is 0 Å². The highest BCUT2D eigenvalue weighted by atomic mass is 32.1. The molecule has 0 aliphatic carbocycles. The predicted octanol–water partition coefficient (Wildman–Crippen LogP) is 2.32. The summed E-state index contributed by atoms with van der Waals surface area (Å²) in [6.45, 7) is 2.68. The molecule has 7 heteroatoms. The van der Waals surface area contributed by atoms with Gasteiger partial charge in [0, 0.05) is 37.0 Å². The third-order valence-corrected chi connectivity index (χ3v) is 6.32. The second-order valence-electron chi connectivity index (χ2n) is 6.72. The average molecular weight is 345 g/mol. The number of amides is 1. The average Bonchev–Trinajstić information content (AvgIpc) is 3.35. The number of hydrogen-bond donors (Lipinski definition) is 1. The van der Waals surface area contributed by atoms with Gasteiger partial charge in [0.15, 0.2) is 0 Å². The molecule has 2 aliphatic rings. The van der Waals surface area contributed by atoms with Crippen molar-refractivity contribution in [3.8, 4) is 0 Å². The number of nitrogens with zero attached hydrogens (tertiary/aromatic N) is 4. The number of hydrogen-bond acceptors (Lipinski definition) is 5. The molecule has 2 aliphatic heterocycles. The lowest BCUT2D eigenvalue weighted by molar-refractivity contribution is 0.0715. The summed E-state index contributed by atoms with van der Waals surface area (Å²) in [7, 11) is 1.98. The Kier molecular flexibility index (Phi) is 4.37. The van der Waals surface area contributed by atoms with Crippen molar-refractivity contribution in [1.82, 2.24) is 25.0 Å². The van der Waals surface area contributed by atoms with E-state index in [0.29, 0.717) is 12.0 Å². The van der Waals surface area contributed by atoms with Crippen LogP contribution in [0, 0.1) is 0 Å². The molecule has 2 saturated heterocycles. The Bertz CT molecular complexity index is 710. The monoisotopic (exact) mass is 345 g/mol. The van der Waals surface area contributed by atoms with Gasteiger partial charge in [0.2, 0.25) is 0 Å². The number of aromatic nitrogens is 3. The van der Waals surface area contributed by atoms with E-state index in [-0.39, 0.29) is 5.91 Å². The summed E-state index contributed by atoms with van der Waals surface area (Å²) in [6.07, 6.45) is 6.07. The number of piperidine rings is 1. The lowest BCUT2D eigenvalue weighted by atomic mass is 9.96. The Morgan fingerprint density at radius 2 is 2.12 bits per heavy atom. The molecule has 1 N–H and O–H groups in total. The zero-order chi connectivity index (χ0) is 16.5. The molecule has 4 rings (SSSR count). The summed E-state index contributed by atoms with van der Waals surface area (Å²) in [4.78, 5) is 16.9. The van der Waals surface area contributed by atoms with Gasteiger partial charge in [-0.2, -0.15) is 0 Å². The highest BCUT2D eigenvalue weighted by molar-refractivity contribution is 7.14. The minimum Gasteiger partial charge on any atom is -0.338 e. The predicted molar refractivity (Wildman–Crippen MR) is 93.2 cm³/mol. The maximum atomic E-state index is 12.8. The molecular formula is C17H23N5OS. The molecule has 2 fully saturated rings. The van der Waals surface area contributed by atoms with Crippen molar-refractivity contribution in [1.29, 1.82) is 0 Å². The van der Waals surface area contributed by atoms with E-state index in [1.54, 1.807) is 17.7 Å². The summed E-state index contributed by atoms with van der Waals surface area (Å²) in [6, 6.07) is 4.56. The Morgan fingerprint density at radius 3 is 2.79 bits per heavy atom. The van der Waals surface area contributed by atoms with Gasteiger partial charge in [-0.25, -0.2) is 0 Å². The first-order chi connectivity index (χ1) is 11.7. The van der Waals surface area contributed by atoms with Gasteiger partial charge in [0.05, 0.1) is 4.88 Å². The van der Waals surface area contributed by atoms with E-state index < -0.39 is 0 Å². The Hall–Kier alpha value is -1.73. The molecule has 0 spiro atoms. The van der Waals surface area contributed by atoms with Crippen LogP contribution in [-0.2, 0) is 7.05 Å². The fourth-order valence-corrected chi connectivity index (χ4v) is 4.83. The lowest BCUT2D eigenvalue weighted by Gasteiger charge is -2.31. The molecule has 0 radical (unpaired) electrons. The van der Waals surface area contributed by atoms with Crippen LogP contribution in [0.15, 0.2) is 18.5 Å². The highest BCUT2D eigenvalue weighted by Crippen LogP contribution is 2.31. The second-order valence-corrected chi connectivity index (χ2v) is 7.83. The van der Waals surface area contributed by atoms with Crippen LogP contribution in [-0.4, -0.2) is 45.2 Å². The summed E-state index contributed by atoms with van der Waals surface area (Å²) in [5, 5.41) is 11.7. The number of thiophene rings is 1. The molecule has 6 nitrogen and oxygen atoms in total. The normalized spacial score (nSPS) is 22.2. The molecule has 1 atom stereocenters. The van der Waals surface area contributed by atoms with Crippen LogP contribution in [0.4, 0.5) is 0 Å². The van der Waals surface area contributed by atoms with Crippen LogP contribution in [0.2, 0.25) is 0 Å². The summed E-state index contributed by atoms with van der Waals surface area (Å²) in [5.41, 5.74) is 0. The molecule has 2 aromatic heterocycles. The molecule has 2 aromatic rings. The van der Waals surface area contributed by atoms with Gasteiger partial charge in [-0.3, -0.25) is 4.79 Å². The largest absolute Gasteiger partial charge is 0.338 e. The lowest BCUT2D eigenvalue weighted by Crippen LogP contribution is -2.38. The van der Waals surface area contributed by atoms with Crippen molar-refractivity contribution < 1.29 is 4.79 Å². The molecule has 1 unspecified atom stereocenters. The van der Waals surface area contributed by atoms with E-state index in [4.69, 9.17) is 0 Å². The highest BCUT2D eigenvalue weighted by Gasteiger charge is 2.28. The SMILES string of the molecule is Cn1cnnc1C1CCN(C(=O)c2ccc(C3CCCN3)s2)CC1. The van der Waals surface area contributed by atoms with E-state index in [0.717, 1.165) is 43.2 Å². The summed E-state index contributed by atoms with van der Waals surface area (Å²) < 4.78 is 1.99. The summed E-state index contributed by atoms with van der Waals surface area (Å²) in [5.74, 6) is 1.62. The Labute approximate surface area is 145 Å². The van der Waals surface area contributed by atoms with E-state index >= 15 is 0 Å². The molecule has 0 saturated carbocycles. The van der Waals surface area contributed by atoms with Gasteiger partial charge >= 0.3 is 0 Å². The van der Waals surface area contributed by atoms with Gasteiger partial charge in [0.25, 0.3) is 5.91 Å². The first-order valence-electron chi connectivity index (χ1n) is 8.68. The van der Waals surface area contributed by atoms with E-state index in [1.165, 1.54) is 17.7 Å². The van der Waals surface area contributed by atoms with Gasteiger partial charge in [-0.05, 0) is 44.4 Å². The Morgan fingerprint density at radius 1 is 1.29 bits per heavy atom. The molecular weight excluding hydrogens is 322 g/mol. The molecule has 0 aromatic carbocycles. The number of rotatable bonds is 3. The van der Waals surface area contributed by atoms with Crippen LogP contribution in [0.5, 0.6) is 0 Å². The number of likely N-dealkylation sites (tertiary alicyclic amines) is 1. The number of aryl methyl sites for hydroxylation is 1. The molecule has 0 bridgehead atoms. The third kappa shape index (κ3) is 2.98. The first kappa shape index (κ1) is 15.8. The fourth-order valence-electron chi connectivity index (χ4n) is 3.74. The van der Waals surface area contributed by atoms with Crippen LogP contribution < -0.4 is 5.32 Å². The topological polar surface area (TPSA) is 63.1 Å². The van der Waals surface area contributed by atoms with Crippen LogP contribution >= 0.6 is 11.3 Å². The smallest absolute Gasteiger partial charge is 0.263 e. The number of carbonyl (C=O) groups excluding carboxylic acids is 1. The van der Waals surface area contributed by atoms with Crippen LogP contribution in [0.3, 0.4) is 0 Å². The maximum Gasteiger partial charge on any atom is 0.263 e. The van der Waals surface area contributed by atoms with Gasteiger partial charge in [0.1, 0.15) is 12.2 Å². The van der Waals surface area contributed by atoms with Gasteiger partial charge in [-0.1, -0.05) is 0 Å². The van der Waals surface area contributed by atoms with Crippen LogP contribution in [0.25, 0.3) is 0 Å². The first-order valence-corrected chi connectivity index (χ1v) is 9.50. The van der Waals surface area contributed by atoms with Crippen molar-refractivity contribution in [2.75, 3.05) is 19.6 Å². The van der Waals surface area contributed by atoms with Gasteiger partial charge in [-0.15, -0.1) is 21.5 Å². The van der Waals surface area contributed by atoms with Gasteiger partial charge < -0.3 is 14.8 Å². The maximum absolute atomic E-state index is 12.8. The third-order valence-electron chi connectivity index (χ3n) is 5.14. The van der Waals surface area contributed by atoms with E-state index in [1.807, 2.05) is 22.6 Å². The zero-order valence-electron chi connectivity index (χ0n) is 13.9. The number of carbonyl (C=O) groups is 1. The molecule has 24 heavy (non-hydrogen) atoms.